The van der Waals surface area contributed by atoms with Crippen LogP contribution in [0.2, 0.25) is 0 Å². The Morgan fingerprint density at radius 2 is 1.36 bits per heavy atom. The molecule has 0 fully saturated rings. The van der Waals surface area contributed by atoms with E-state index in [2.05, 4.69) is 41.5 Å². The fraction of sp³-hybridized carbons (Fsp3) is 1.00. The summed E-state index contributed by atoms with van der Waals surface area (Å²) in [6.07, 6.45) is -0.171. The minimum absolute atomic E-state index is 0.171. The lowest BCUT2D eigenvalue weighted by atomic mass is 9.76. The molecule has 0 aromatic carbocycles. The highest BCUT2D eigenvalue weighted by Crippen LogP contribution is 2.30. The summed E-state index contributed by atoms with van der Waals surface area (Å²) in [7, 11) is 0. The van der Waals surface area contributed by atoms with Crippen LogP contribution in [-0.2, 0) is 0 Å². The van der Waals surface area contributed by atoms with Gasteiger partial charge in [0.15, 0.2) is 0 Å². The highest BCUT2D eigenvalue weighted by atomic mass is 16.3. The zero-order valence-corrected chi connectivity index (χ0v) is 8.68. The Morgan fingerprint density at radius 3 is 1.45 bits per heavy atom. The van der Waals surface area contributed by atoms with Crippen molar-refractivity contribution < 1.29 is 5.11 Å². The molecule has 1 heteroatoms. The first-order chi connectivity index (χ1) is 4.76. The Balaban J connectivity index is 4.13. The molecule has 2 unspecified atom stereocenters. The monoisotopic (exact) mass is 158 g/mol. The molecule has 68 valence electrons. The van der Waals surface area contributed by atoms with Crippen LogP contribution in [0.15, 0.2) is 0 Å². The Kier molecular flexibility index (Phi) is 3.56. The first-order valence-corrected chi connectivity index (χ1v) is 4.45. The minimum Gasteiger partial charge on any atom is -0.393 e. The predicted molar refractivity (Wildman–Crippen MR) is 49.5 cm³/mol. The second-order valence-electron chi connectivity index (χ2n) is 4.89. The van der Waals surface area contributed by atoms with Crippen molar-refractivity contribution in [2.45, 2.75) is 47.6 Å². The molecule has 0 heterocycles. The van der Waals surface area contributed by atoms with Gasteiger partial charge in [0.05, 0.1) is 6.10 Å². The van der Waals surface area contributed by atoms with Crippen LogP contribution in [0.3, 0.4) is 0 Å². The van der Waals surface area contributed by atoms with Crippen molar-refractivity contribution in [3.8, 4) is 0 Å². The molecule has 2 atom stereocenters. The average molecular weight is 158 g/mol. The molecule has 0 radical (unpaired) electrons. The van der Waals surface area contributed by atoms with Gasteiger partial charge in [0.2, 0.25) is 0 Å². The first-order valence-electron chi connectivity index (χ1n) is 4.45. The van der Waals surface area contributed by atoms with Gasteiger partial charge in [0, 0.05) is 0 Å². The standard InChI is InChI=1S/C10H22O/c1-7(2)9(11)8(3)10(4,5)6/h7-9,11H,1-6H3. The van der Waals surface area contributed by atoms with E-state index in [1.165, 1.54) is 0 Å². The minimum atomic E-state index is -0.171. The second kappa shape index (κ2) is 3.57. The van der Waals surface area contributed by atoms with Gasteiger partial charge in [0.25, 0.3) is 0 Å². The maximum absolute atomic E-state index is 9.73. The second-order valence-corrected chi connectivity index (χ2v) is 4.89. The SMILES string of the molecule is CC(C)C(O)C(C)C(C)(C)C. The van der Waals surface area contributed by atoms with Crippen LogP contribution in [0.1, 0.15) is 41.5 Å². The first kappa shape index (κ1) is 11.0. The Bertz CT molecular complexity index is 111. The van der Waals surface area contributed by atoms with E-state index in [4.69, 9.17) is 0 Å². The van der Waals surface area contributed by atoms with E-state index < -0.39 is 0 Å². The van der Waals surface area contributed by atoms with E-state index in [-0.39, 0.29) is 11.5 Å². The molecule has 0 rings (SSSR count). The van der Waals surface area contributed by atoms with Crippen molar-refractivity contribution in [1.29, 1.82) is 0 Å². The summed E-state index contributed by atoms with van der Waals surface area (Å²) < 4.78 is 0. The van der Waals surface area contributed by atoms with Crippen LogP contribution in [-0.4, -0.2) is 11.2 Å². The molecule has 0 amide bonds. The molecule has 0 aromatic heterocycles. The van der Waals surface area contributed by atoms with E-state index in [1.807, 2.05) is 0 Å². The molecule has 0 saturated carbocycles. The lowest BCUT2D eigenvalue weighted by molar-refractivity contribution is 0.0206. The Morgan fingerprint density at radius 1 is 1.00 bits per heavy atom. The molecule has 1 nitrogen and oxygen atoms in total. The van der Waals surface area contributed by atoms with Gasteiger partial charge in [-0.3, -0.25) is 0 Å². The summed E-state index contributed by atoms with van der Waals surface area (Å²) in [4.78, 5) is 0. The third-order valence-corrected chi connectivity index (χ3v) is 2.56. The van der Waals surface area contributed by atoms with Crippen LogP contribution >= 0.6 is 0 Å². The lowest BCUT2D eigenvalue weighted by Crippen LogP contribution is -2.33. The van der Waals surface area contributed by atoms with Crippen molar-refractivity contribution >= 4 is 0 Å². The summed E-state index contributed by atoms with van der Waals surface area (Å²) in [6.45, 7) is 12.8. The zero-order chi connectivity index (χ0) is 9.23. The Labute approximate surface area is 70.8 Å². The van der Waals surface area contributed by atoms with Gasteiger partial charge < -0.3 is 5.11 Å². The molecule has 0 bridgehead atoms. The summed E-state index contributed by atoms with van der Waals surface area (Å²) in [5.74, 6) is 0.728. The molecule has 0 aliphatic carbocycles. The molecule has 0 aliphatic rings. The number of aliphatic hydroxyl groups excluding tert-OH is 1. The van der Waals surface area contributed by atoms with E-state index in [1.54, 1.807) is 0 Å². The summed E-state index contributed by atoms with van der Waals surface area (Å²) in [5.41, 5.74) is 0.212. The highest BCUT2D eigenvalue weighted by Gasteiger charge is 2.28. The Hall–Kier alpha value is -0.0400. The van der Waals surface area contributed by atoms with E-state index in [9.17, 15) is 5.11 Å². The lowest BCUT2D eigenvalue weighted by Gasteiger charge is -2.33. The molecule has 0 spiro atoms. The van der Waals surface area contributed by atoms with Gasteiger partial charge in [-0.2, -0.15) is 0 Å². The topological polar surface area (TPSA) is 20.2 Å². The van der Waals surface area contributed by atoms with Crippen molar-refractivity contribution in [1.82, 2.24) is 0 Å². The molecule has 0 aliphatic heterocycles. The predicted octanol–water partition coefficient (Wildman–Crippen LogP) is 2.69. The summed E-state index contributed by atoms with van der Waals surface area (Å²) in [5, 5.41) is 9.73. The van der Waals surface area contributed by atoms with Gasteiger partial charge in [-0.1, -0.05) is 41.5 Å². The zero-order valence-electron chi connectivity index (χ0n) is 8.68. The normalized spacial score (nSPS) is 18.5. The van der Waals surface area contributed by atoms with Gasteiger partial charge >= 0.3 is 0 Å². The van der Waals surface area contributed by atoms with E-state index >= 15 is 0 Å². The summed E-state index contributed by atoms with van der Waals surface area (Å²) >= 11 is 0. The number of rotatable bonds is 2. The molecular formula is C10H22O. The van der Waals surface area contributed by atoms with Gasteiger partial charge in [-0.15, -0.1) is 0 Å². The van der Waals surface area contributed by atoms with Crippen molar-refractivity contribution in [2.24, 2.45) is 17.3 Å². The maximum Gasteiger partial charge on any atom is 0.0593 e. The van der Waals surface area contributed by atoms with Crippen LogP contribution in [0, 0.1) is 17.3 Å². The molecule has 1 N–H and O–H groups in total. The molecular weight excluding hydrogens is 136 g/mol. The fourth-order valence-electron chi connectivity index (χ4n) is 1.09. The van der Waals surface area contributed by atoms with E-state index in [0.717, 1.165) is 0 Å². The van der Waals surface area contributed by atoms with Crippen LogP contribution < -0.4 is 0 Å². The van der Waals surface area contributed by atoms with Crippen molar-refractivity contribution in [2.75, 3.05) is 0 Å². The largest absolute Gasteiger partial charge is 0.393 e. The third kappa shape index (κ3) is 3.24. The molecule has 11 heavy (non-hydrogen) atoms. The number of aliphatic hydroxyl groups is 1. The van der Waals surface area contributed by atoms with Crippen LogP contribution in [0.5, 0.6) is 0 Å². The summed E-state index contributed by atoms with van der Waals surface area (Å²) in [6, 6.07) is 0. The smallest absolute Gasteiger partial charge is 0.0593 e. The van der Waals surface area contributed by atoms with Crippen molar-refractivity contribution in [3.63, 3.8) is 0 Å². The quantitative estimate of drug-likeness (QED) is 0.655. The maximum atomic E-state index is 9.73. The van der Waals surface area contributed by atoms with Crippen molar-refractivity contribution in [3.05, 3.63) is 0 Å². The average Bonchev–Trinajstić information content (AvgIpc) is 1.82. The van der Waals surface area contributed by atoms with Crippen LogP contribution in [0.4, 0.5) is 0 Å². The molecule has 0 saturated heterocycles. The van der Waals surface area contributed by atoms with E-state index in [0.29, 0.717) is 11.8 Å². The highest BCUT2D eigenvalue weighted by molar-refractivity contribution is 4.78. The fourth-order valence-corrected chi connectivity index (χ4v) is 1.09. The van der Waals surface area contributed by atoms with Gasteiger partial charge in [0.1, 0.15) is 0 Å². The van der Waals surface area contributed by atoms with Gasteiger partial charge in [-0.05, 0) is 17.3 Å². The van der Waals surface area contributed by atoms with Gasteiger partial charge in [-0.25, -0.2) is 0 Å². The number of hydrogen-bond donors (Lipinski definition) is 1. The third-order valence-electron chi connectivity index (χ3n) is 2.56. The molecule has 0 aromatic rings. The van der Waals surface area contributed by atoms with Crippen LogP contribution in [0.25, 0.3) is 0 Å². The number of hydrogen-bond acceptors (Lipinski definition) is 1.